The van der Waals surface area contributed by atoms with Crippen LogP contribution in [0.1, 0.15) is 58.5 Å². The minimum Gasteiger partial charge on any atom is -0.321 e. The Morgan fingerprint density at radius 1 is 1.24 bits per heavy atom. The molecule has 1 saturated heterocycles. The molecule has 0 spiro atoms. The third kappa shape index (κ3) is 4.67. The molecule has 2 heterocycles. The van der Waals surface area contributed by atoms with E-state index in [4.69, 9.17) is 0 Å². The van der Waals surface area contributed by atoms with Crippen LogP contribution in [-0.4, -0.2) is 35.4 Å². The summed E-state index contributed by atoms with van der Waals surface area (Å²) < 4.78 is 0. The normalized spacial score (nSPS) is 15.0. The summed E-state index contributed by atoms with van der Waals surface area (Å²) in [6.45, 7) is 9.70. The number of anilines is 1. The highest BCUT2D eigenvalue weighted by molar-refractivity contribution is 7.13. The molecule has 0 unspecified atom stereocenters. The maximum Gasteiger partial charge on any atom is 0.267 e. The highest BCUT2D eigenvalue weighted by Crippen LogP contribution is 2.22. The first-order valence-corrected chi connectivity index (χ1v) is 9.94. The van der Waals surface area contributed by atoms with Crippen molar-refractivity contribution >= 4 is 22.9 Å². The smallest absolute Gasteiger partial charge is 0.267 e. The van der Waals surface area contributed by atoms with Crippen LogP contribution >= 0.6 is 11.3 Å². The van der Waals surface area contributed by atoms with E-state index >= 15 is 0 Å². The molecule has 0 saturated carbocycles. The van der Waals surface area contributed by atoms with Crippen LogP contribution in [0.5, 0.6) is 0 Å². The maximum absolute atomic E-state index is 12.6. The molecule has 1 aromatic carbocycles. The van der Waals surface area contributed by atoms with Gasteiger partial charge in [0.25, 0.3) is 5.91 Å². The summed E-state index contributed by atoms with van der Waals surface area (Å²) >= 11 is 1.53. The van der Waals surface area contributed by atoms with Crippen LogP contribution in [0.15, 0.2) is 24.3 Å². The summed E-state index contributed by atoms with van der Waals surface area (Å²) in [6.07, 6.45) is 3.54. The van der Waals surface area contributed by atoms with Crippen LogP contribution in [-0.2, 0) is 6.42 Å². The molecule has 1 aliphatic heterocycles. The Morgan fingerprint density at radius 2 is 1.92 bits per heavy atom. The topological polar surface area (TPSA) is 45.2 Å². The van der Waals surface area contributed by atoms with Crippen LogP contribution in [0, 0.1) is 6.92 Å². The lowest BCUT2D eigenvalue weighted by molar-refractivity contribution is 0.103. The van der Waals surface area contributed by atoms with Gasteiger partial charge in [-0.2, -0.15) is 0 Å². The minimum absolute atomic E-state index is 0.0558. The van der Waals surface area contributed by atoms with E-state index in [0.717, 1.165) is 34.2 Å². The highest BCUT2D eigenvalue weighted by Gasteiger charge is 2.17. The van der Waals surface area contributed by atoms with E-state index < -0.39 is 0 Å². The Hall–Kier alpha value is -1.72. The fourth-order valence-electron chi connectivity index (χ4n) is 3.17. The summed E-state index contributed by atoms with van der Waals surface area (Å²) in [5.41, 5.74) is 2.94. The van der Waals surface area contributed by atoms with Crippen LogP contribution < -0.4 is 5.32 Å². The quantitative estimate of drug-likeness (QED) is 0.830. The summed E-state index contributed by atoms with van der Waals surface area (Å²) in [5.74, 6) is 0.436. The predicted molar refractivity (Wildman–Crippen MR) is 105 cm³/mol. The van der Waals surface area contributed by atoms with E-state index in [0.29, 0.717) is 5.92 Å². The maximum atomic E-state index is 12.6. The van der Waals surface area contributed by atoms with Gasteiger partial charge in [-0.15, -0.1) is 11.3 Å². The van der Waals surface area contributed by atoms with Crippen LogP contribution in [0.2, 0.25) is 0 Å². The Labute approximate surface area is 154 Å². The van der Waals surface area contributed by atoms with Gasteiger partial charge >= 0.3 is 0 Å². The standard InChI is InChI=1S/C20H27N3OS/c1-14(2)16-6-8-17(9-7-16)22-20(24)19-15(3)21-18(25-19)10-13-23-11-4-5-12-23/h6-9,14H,4-5,10-13H2,1-3H3,(H,22,24). The van der Waals surface area contributed by atoms with Crippen molar-refractivity contribution in [2.45, 2.75) is 46.0 Å². The summed E-state index contributed by atoms with van der Waals surface area (Å²) in [6, 6.07) is 8.08. The number of likely N-dealkylation sites (tertiary alicyclic amines) is 1. The molecule has 25 heavy (non-hydrogen) atoms. The second-order valence-electron chi connectivity index (χ2n) is 7.05. The zero-order chi connectivity index (χ0) is 17.8. The third-order valence-corrected chi connectivity index (χ3v) is 5.94. The summed E-state index contributed by atoms with van der Waals surface area (Å²) in [5, 5.41) is 4.06. The zero-order valence-corrected chi connectivity index (χ0v) is 16.2. The SMILES string of the molecule is Cc1nc(CCN2CCCC2)sc1C(=O)Nc1ccc(C(C)C)cc1. The van der Waals surface area contributed by atoms with Gasteiger partial charge in [0.15, 0.2) is 0 Å². The molecule has 0 bridgehead atoms. The first-order valence-electron chi connectivity index (χ1n) is 9.13. The fourth-order valence-corrected chi connectivity index (χ4v) is 4.12. The molecule has 1 aliphatic rings. The molecule has 0 radical (unpaired) electrons. The van der Waals surface area contributed by atoms with Gasteiger partial charge in [0, 0.05) is 18.7 Å². The average molecular weight is 358 g/mol. The Bertz CT molecular complexity index is 715. The number of nitrogens with zero attached hydrogens (tertiary/aromatic N) is 2. The van der Waals surface area contributed by atoms with Gasteiger partial charge in [0.05, 0.1) is 10.7 Å². The monoisotopic (exact) mass is 357 g/mol. The Morgan fingerprint density at radius 3 is 2.56 bits per heavy atom. The van der Waals surface area contributed by atoms with Crippen molar-refractivity contribution in [1.82, 2.24) is 9.88 Å². The molecule has 5 heteroatoms. The lowest BCUT2D eigenvalue weighted by Gasteiger charge is -2.12. The van der Waals surface area contributed by atoms with Crippen molar-refractivity contribution in [3.63, 3.8) is 0 Å². The van der Waals surface area contributed by atoms with Crippen LogP contribution in [0.4, 0.5) is 5.69 Å². The highest BCUT2D eigenvalue weighted by atomic mass is 32.1. The number of aryl methyl sites for hydroxylation is 1. The number of thiazole rings is 1. The number of aromatic nitrogens is 1. The summed E-state index contributed by atoms with van der Waals surface area (Å²) in [4.78, 5) is 20.4. The number of amides is 1. The molecule has 134 valence electrons. The van der Waals surface area contributed by atoms with Gasteiger partial charge in [-0.05, 0) is 56.5 Å². The van der Waals surface area contributed by atoms with Crippen molar-refractivity contribution in [2.75, 3.05) is 25.0 Å². The molecule has 1 N–H and O–H groups in total. The first-order chi connectivity index (χ1) is 12.0. The number of hydrogen-bond donors (Lipinski definition) is 1. The number of rotatable bonds is 6. The molecule has 0 aliphatic carbocycles. The van der Waals surface area contributed by atoms with Crippen molar-refractivity contribution in [3.05, 3.63) is 45.4 Å². The van der Waals surface area contributed by atoms with Crippen molar-refractivity contribution in [1.29, 1.82) is 0 Å². The third-order valence-electron chi connectivity index (χ3n) is 4.72. The molecular weight excluding hydrogens is 330 g/mol. The molecule has 1 fully saturated rings. The lowest BCUT2D eigenvalue weighted by Crippen LogP contribution is -2.21. The first kappa shape index (κ1) is 18.1. The van der Waals surface area contributed by atoms with Crippen molar-refractivity contribution in [2.24, 2.45) is 0 Å². The van der Waals surface area contributed by atoms with Gasteiger partial charge in [-0.3, -0.25) is 4.79 Å². The zero-order valence-electron chi connectivity index (χ0n) is 15.3. The van der Waals surface area contributed by atoms with Gasteiger partial charge in [0.1, 0.15) is 4.88 Å². The van der Waals surface area contributed by atoms with E-state index in [2.05, 4.69) is 41.2 Å². The van der Waals surface area contributed by atoms with E-state index in [-0.39, 0.29) is 5.91 Å². The number of hydrogen-bond acceptors (Lipinski definition) is 4. The van der Waals surface area contributed by atoms with Gasteiger partial charge < -0.3 is 10.2 Å². The van der Waals surface area contributed by atoms with Gasteiger partial charge in [-0.1, -0.05) is 26.0 Å². The van der Waals surface area contributed by atoms with Crippen molar-refractivity contribution < 1.29 is 4.79 Å². The van der Waals surface area contributed by atoms with Crippen molar-refractivity contribution in [3.8, 4) is 0 Å². The Balaban J connectivity index is 1.61. The van der Waals surface area contributed by atoms with E-state index in [9.17, 15) is 4.79 Å². The molecule has 1 amide bonds. The van der Waals surface area contributed by atoms with Crippen LogP contribution in [0.3, 0.4) is 0 Å². The van der Waals surface area contributed by atoms with E-state index in [1.807, 2.05) is 19.1 Å². The molecular formula is C20H27N3OS. The Kier molecular flexibility index (Phi) is 5.86. The predicted octanol–water partition coefficient (Wildman–Crippen LogP) is 4.47. The fraction of sp³-hybridized carbons (Fsp3) is 0.500. The number of carbonyl (C=O) groups excluding carboxylic acids is 1. The van der Waals surface area contributed by atoms with Gasteiger partial charge in [0.2, 0.25) is 0 Å². The number of nitrogens with one attached hydrogen (secondary N) is 1. The van der Waals surface area contributed by atoms with E-state index in [1.165, 1.54) is 42.8 Å². The number of carbonyl (C=O) groups is 1. The molecule has 2 aromatic rings. The number of benzene rings is 1. The van der Waals surface area contributed by atoms with E-state index in [1.54, 1.807) is 0 Å². The lowest BCUT2D eigenvalue weighted by atomic mass is 10.0. The molecule has 1 aromatic heterocycles. The molecule has 4 nitrogen and oxygen atoms in total. The molecule has 3 rings (SSSR count). The second-order valence-corrected chi connectivity index (χ2v) is 8.14. The molecule has 0 atom stereocenters. The minimum atomic E-state index is -0.0558. The van der Waals surface area contributed by atoms with Gasteiger partial charge in [-0.25, -0.2) is 4.98 Å². The summed E-state index contributed by atoms with van der Waals surface area (Å²) in [7, 11) is 0. The van der Waals surface area contributed by atoms with Crippen LogP contribution in [0.25, 0.3) is 0 Å². The average Bonchev–Trinajstić information content (AvgIpc) is 3.22. The largest absolute Gasteiger partial charge is 0.321 e. The second kappa shape index (κ2) is 8.11.